The molecule has 0 aliphatic heterocycles. The third-order valence-corrected chi connectivity index (χ3v) is 3.29. The average Bonchev–Trinajstić information content (AvgIpc) is 2.37. The lowest BCUT2D eigenvalue weighted by Gasteiger charge is -2.19. The Morgan fingerprint density at radius 1 is 1.18 bits per heavy atom. The SMILES string of the molecule is CCC(C)C(N)Cc1ccc(OC)c(OC)c1. The van der Waals surface area contributed by atoms with E-state index in [0.717, 1.165) is 24.3 Å². The van der Waals surface area contributed by atoms with Crippen LogP contribution in [0.5, 0.6) is 11.5 Å². The van der Waals surface area contributed by atoms with Crippen LogP contribution in [0.3, 0.4) is 0 Å². The van der Waals surface area contributed by atoms with Gasteiger partial charge < -0.3 is 15.2 Å². The maximum atomic E-state index is 6.15. The molecule has 0 bridgehead atoms. The van der Waals surface area contributed by atoms with Gasteiger partial charge in [-0.2, -0.15) is 0 Å². The standard InChI is InChI=1S/C14H23NO2/c1-5-10(2)12(15)8-11-6-7-13(16-3)14(9-11)17-4/h6-7,9-10,12H,5,8,15H2,1-4H3. The quantitative estimate of drug-likeness (QED) is 0.827. The zero-order chi connectivity index (χ0) is 12.8. The summed E-state index contributed by atoms with van der Waals surface area (Å²) in [5.74, 6) is 2.05. The second-order valence-corrected chi connectivity index (χ2v) is 4.44. The van der Waals surface area contributed by atoms with E-state index in [1.807, 2.05) is 18.2 Å². The molecule has 0 aliphatic rings. The number of methoxy groups -OCH3 is 2. The van der Waals surface area contributed by atoms with Crippen LogP contribution in [0.4, 0.5) is 0 Å². The lowest BCUT2D eigenvalue weighted by molar-refractivity contribution is 0.354. The van der Waals surface area contributed by atoms with Crippen LogP contribution in [0.25, 0.3) is 0 Å². The van der Waals surface area contributed by atoms with E-state index >= 15 is 0 Å². The van der Waals surface area contributed by atoms with Gasteiger partial charge in [-0.15, -0.1) is 0 Å². The van der Waals surface area contributed by atoms with Gasteiger partial charge in [-0.25, -0.2) is 0 Å². The molecular weight excluding hydrogens is 214 g/mol. The summed E-state index contributed by atoms with van der Waals surface area (Å²) < 4.78 is 10.5. The van der Waals surface area contributed by atoms with Gasteiger partial charge in [0.05, 0.1) is 14.2 Å². The molecule has 96 valence electrons. The smallest absolute Gasteiger partial charge is 0.160 e. The lowest BCUT2D eigenvalue weighted by atomic mass is 9.94. The molecule has 3 heteroatoms. The van der Waals surface area contributed by atoms with E-state index in [0.29, 0.717) is 5.92 Å². The summed E-state index contributed by atoms with van der Waals surface area (Å²) in [4.78, 5) is 0. The lowest BCUT2D eigenvalue weighted by Crippen LogP contribution is -2.30. The van der Waals surface area contributed by atoms with E-state index < -0.39 is 0 Å². The van der Waals surface area contributed by atoms with Crippen molar-refractivity contribution in [2.45, 2.75) is 32.7 Å². The van der Waals surface area contributed by atoms with Crippen molar-refractivity contribution in [1.29, 1.82) is 0 Å². The molecule has 0 spiro atoms. The zero-order valence-corrected chi connectivity index (χ0v) is 11.2. The predicted molar refractivity (Wildman–Crippen MR) is 70.7 cm³/mol. The molecule has 0 amide bonds. The molecule has 1 rings (SSSR count). The highest BCUT2D eigenvalue weighted by molar-refractivity contribution is 5.43. The van der Waals surface area contributed by atoms with Crippen LogP contribution < -0.4 is 15.2 Å². The Morgan fingerprint density at radius 2 is 1.82 bits per heavy atom. The highest BCUT2D eigenvalue weighted by atomic mass is 16.5. The van der Waals surface area contributed by atoms with E-state index in [9.17, 15) is 0 Å². The molecule has 0 aromatic heterocycles. The van der Waals surface area contributed by atoms with Gasteiger partial charge in [0, 0.05) is 6.04 Å². The summed E-state index contributed by atoms with van der Waals surface area (Å²) in [6.45, 7) is 4.35. The Labute approximate surface area is 104 Å². The molecule has 0 radical (unpaired) electrons. The van der Waals surface area contributed by atoms with Gasteiger partial charge in [0.1, 0.15) is 0 Å². The number of rotatable bonds is 6. The molecule has 0 saturated carbocycles. The third kappa shape index (κ3) is 3.63. The van der Waals surface area contributed by atoms with Gasteiger partial charge in [-0.05, 0) is 30.0 Å². The Kier molecular flexibility index (Phi) is 5.29. The molecule has 0 fully saturated rings. The first kappa shape index (κ1) is 13.8. The molecule has 2 unspecified atom stereocenters. The summed E-state index contributed by atoms with van der Waals surface area (Å²) in [5, 5.41) is 0. The molecule has 0 aliphatic carbocycles. The van der Waals surface area contributed by atoms with Crippen LogP contribution in [-0.2, 0) is 6.42 Å². The van der Waals surface area contributed by atoms with Gasteiger partial charge >= 0.3 is 0 Å². The van der Waals surface area contributed by atoms with E-state index in [1.54, 1.807) is 14.2 Å². The van der Waals surface area contributed by atoms with Crippen LogP contribution in [0, 0.1) is 5.92 Å². The number of nitrogens with two attached hydrogens (primary N) is 1. The summed E-state index contributed by atoms with van der Waals surface area (Å²) in [6, 6.07) is 6.17. The van der Waals surface area contributed by atoms with Crippen molar-refractivity contribution in [2.24, 2.45) is 11.7 Å². The van der Waals surface area contributed by atoms with Gasteiger partial charge in [0.2, 0.25) is 0 Å². The highest BCUT2D eigenvalue weighted by Gasteiger charge is 2.13. The second kappa shape index (κ2) is 6.50. The van der Waals surface area contributed by atoms with Crippen molar-refractivity contribution in [3.8, 4) is 11.5 Å². The molecule has 1 aromatic carbocycles. The molecule has 0 heterocycles. The van der Waals surface area contributed by atoms with Crippen molar-refractivity contribution < 1.29 is 9.47 Å². The minimum absolute atomic E-state index is 0.193. The fraction of sp³-hybridized carbons (Fsp3) is 0.571. The van der Waals surface area contributed by atoms with Crippen molar-refractivity contribution >= 4 is 0 Å². The minimum atomic E-state index is 0.193. The van der Waals surface area contributed by atoms with Gasteiger partial charge in [0.15, 0.2) is 11.5 Å². The van der Waals surface area contributed by atoms with Crippen LogP contribution in [0.15, 0.2) is 18.2 Å². The van der Waals surface area contributed by atoms with Gasteiger partial charge in [0.25, 0.3) is 0 Å². The Morgan fingerprint density at radius 3 is 2.35 bits per heavy atom. The molecule has 1 aromatic rings. The molecule has 0 saturated heterocycles. The summed E-state index contributed by atoms with van der Waals surface area (Å²) >= 11 is 0. The van der Waals surface area contributed by atoms with E-state index in [4.69, 9.17) is 15.2 Å². The number of hydrogen-bond donors (Lipinski definition) is 1. The summed E-state index contributed by atoms with van der Waals surface area (Å²) in [7, 11) is 3.29. The number of benzene rings is 1. The second-order valence-electron chi connectivity index (χ2n) is 4.44. The van der Waals surface area contributed by atoms with Crippen LogP contribution >= 0.6 is 0 Å². The van der Waals surface area contributed by atoms with Crippen LogP contribution in [-0.4, -0.2) is 20.3 Å². The average molecular weight is 237 g/mol. The van der Waals surface area contributed by atoms with Crippen molar-refractivity contribution in [1.82, 2.24) is 0 Å². The minimum Gasteiger partial charge on any atom is -0.493 e. The number of ether oxygens (including phenoxy) is 2. The maximum Gasteiger partial charge on any atom is 0.160 e. The first-order valence-electron chi connectivity index (χ1n) is 6.08. The Balaban J connectivity index is 2.78. The first-order valence-corrected chi connectivity index (χ1v) is 6.08. The maximum absolute atomic E-state index is 6.15. The predicted octanol–water partition coefficient (Wildman–Crippen LogP) is 2.62. The first-order chi connectivity index (χ1) is 8.12. The van der Waals surface area contributed by atoms with Crippen molar-refractivity contribution in [3.05, 3.63) is 23.8 Å². The van der Waals surface area contributed by atoms with E-state index in [2.05, 4.69) is 13.8 Å². The monoisotopic (exact) mass is 237 g/mol. The summed E-state index contributed by atoms with van der Waals surface area (Å²) in [6.07, 6.45) is 1.98. The normalized spacial score (nSPS) is 14.2. The highest BCUT2D eigenvalue weighted by Crippen LogP contribution is 2.28. The molecule has 2 atom stereocenters. The van der Waals surface area contributed by atoms with Gasteiger partial charge in [-0.1, -0.05) is 26.3 Å². The largest absolute Gasteiger partial charge is 0.493 e. The topological polar surface area (TPSA) is 44.5 Å². The molecule has 17 heavy (non-hydrogen) atoms. The molecule has 2 N–H and O–H groups in total. The van der Waals surface area contributed by atoms with E-state index in [1.165, 1.54) is 5.56 Å². The molecular formula is C14H23NO2. The fourth-order valence-corrected chi connectivity index (χ4v) is 1.78. The van der Waals surface area contributed by atoms with E-state index in [-0.39, 0.29) is 6.04 Å². The van der Waals surface area contributed by atoms with Crippen LogP contribution in [0.1, 0.15) is 25.8 Å². The van der Waals surface area contributed by atoms with Gasteiger partial charge in [-0.3, -0.25) is 0 Å². The van der Waals surface area contributed by atoms with Crippen LogP contribution in [0.2, 0.25) is 0 Å². The molecule has 3 nitrogen and oxygen atoms in total. The van der Waals surface area contributed by atoms with Crippen molar-refractivity contribution in [3.63, 3.8) is 0 Å². The van der Waals surface area contributed by atoms with Crippen molar-refractivity contribution in [2.75, 3.05) is 14.2 Å². The Bertz CT molecular complexity index is 352. The Hall–Kier alpha value is -1.22. The zero-order valence-electron chi connectivity index (χ0n) is 11.2. The fourth-order valence-electron chi connectivity index (χ4n) is 1.78. The summed E-state index contributed by atoms with van der Waals surface area (Å²) in [5.41, 5.74) is 7.34. The number of hydrogen-bond acceptors (Lipinski definition) is 3. The third-order valence-electron chi connectivity index (χ3n) is 3.29.